The number of aliphatic hydroxyl groups excluding tert-OH is 1. The van der Waals surface area contributed by atoms with E-state index >= 15 is 0 Å². The zero-order chi connectivity index (χ0) is 27.9. The van der Waals surface area contributed by atoms with Gasteiger partial charge in [0.25, 0.3) is 11.7 Å². The van der Waals surface area contributed by atoms with E-state index in [1.165, 1.54) is 0 Å². The standard InChI is InChI=1S/C30H38N2O7/c1-5-31(6-2)14-9-15-32-27(20-10-12-22(36-7-3)24(18-20)37-8-4)26(29(34)30(32)35)28(33)21-11-13-23-25(19-21)39-17-16-38-23/h10-13,18-19,27,33H,5-9,14-17H2,1-4H3/t27-/m0/s1. The maximum atomic E-state index is 13.5. The van der Waals surface area contributed by atoms with Gasteiger partial charge in [0, 0.05) is 12.1 Å². The summed E-state index contributed by atoms with van der Waals surface area (Å²) in [5.74, 6) is 0.536. The highest BCUT2D eigenvalue weighted by Crippen LogP contribution is 2.43. The number of Topliss-reactive ketones (excluding diaryl/α,β-unsaturated/α-hetero) is 1. The molecule has 9 nitrogen and oxygen atoms in total. The molecule has 0 spiro atoms. The number of amides is 1. The Hall–Kier alpha value is -3.72. The summed E-state index contributed by atoms with van der Waals surface area (Å²) in [5, 5.41) is 11.5. The predicted octanol–water partition coefficient (Wildman–Crippen LogP) is 4.41. The Morgan fingerprint density at radius 2 is 1.64 bits per heavy atom. The fraction of sp³-hybridized carbons (Fsp3) is 0.467. The molecule has 0 unspecified atom stereocenters. The van der Waals surface area contributed by atoms with Gasteiger partial charge in [0.2, 0.25) is 0 Å². The molecular formula is C30H38N2O7. The Kier molecular flexibility index (Phi) is 9.35. The number of benzene rings is 2. The molecule has 1 fully saturated rings. The number of ether oxygens (including phenoxy) is 4. The van der Waals surface area contributed by atoms with Crippen LogP contribution in [0.2, 0.25) is 0 Å². The molecule has 9 heteroatoms. The molecule has 210 valence electrons. The van der Waals surface area contributed by atoms with Gasteiger partial charge < -0.3 is 33.9 Å². The van der Waals surface area contributed by atoms with Crippen LogP contribution in [0.25, 0.3) is 5.76 Å². The van der Waals surface area contributed by atoms with E-state index in [2.05, 4.69) is 18.7 Å². The van der Waals surface area contributed by atoms with E-state index in [0.29, 0.717) is 73.5 Å². The predicted molar refractivity (Wildman–Crippen MR) is 148 cm³/mol. The average Bonchev–Trinajstić information content (AvgIpc) is 3.21. The number of nitrogens with zero attached hydrogens (tertiary/aromatic N) is 2. The monoisotopic (exact) mass is 538 g/mol. The maximum absolute atomic E-state index is 13.5. The van der Waals surface area contributed by atoms with E-state index in [0.717, 1.165) is 19.6 Å². The Morgan fingerprint density at radius 3 is 2.33 bits per heavy atom. The van der Waals surface area contributed by atoms with Crippen molar-refractivity contribution in [2.75, 3.05) is 52.6 Å². The van der Waals surface area contributed by atoms with Gasteiger partial charge in [0.15, 0.2) is 23.0 Å². The molecular weight excluding hydrogens is 500 g/mol. The third kappa shape index (κ3) is 5.98. The second-order valence-corrected chi connectivity index (χ2v) is 9.30. The highest BCUT2D eigenvalue weighted by Gasteiger charge is 2.46. The van der Waals surface area contributed by atoms with Gasteiger partial charge in [-0.05, 0) is 75.8 Å². The van der Waals surface area contributed by atoms with Gasteiger partial charge in [-0.25, -0.2) is 0 Å². The van der Waals surface area contributed by atoms with Crippen LogP contribution < -0.4 is 18.9 Å². The summed E-state index contributed by atoms with van der Waals surface area (Å²) >= 11 is 0. The van der Waals surface area contributed by atoms with Crippen LogP contribution in [0.1, 0.15) is 51.3 Å². The summed E-state index contributed by atoms with van der Waals surface area (Å²) in [5.41, 5.74) is 1.07. The van der Waals surface area contributed by atoms with Crippen LogP contribution in [0.4, 0.5) is 0 Å². The molecule has 0 saturated carbocycles. The first-order valence-electron chi connectivity index (χ1n) is 13.7. The van der Waals surface area contributed by atoms with Crippen molar-refractivity contribution in [1.82, 2.24) is 9.80 Å². The van der Waals surface area contributed by atoms with E-state index in [4.69, 9.17) is 18.9 Å². The van der Waals surface area contributed by atoms with Crippen LogP contribution >= 0.6 is 0 Å². The molecule has 1 saturated heterocycles. The van der Waals surface area contributed by atoms with Crippen molar-refractivity contribution in [1.29, 1.82) is 0 Å². The molecule has 2 aliphatic rings. The van der Waals surface area contributed by atoms with Crippen LogP contribution in [-0.2, 0) is 9.59 Å². The van der Waals surface area contributed by atoms with Crippen LogP contribution in [0.5, 0.6) is 23.0 Å². The molecule has 2 aromatic carbocycles. The number of fused-ring (bicyclic) bond motifs is 1. The van der Waals surface area contributed by atoms with E-state index in [-0.39, 0.29) is 11.3 Å². The lowest BCUT2D eigenvalue weighted by atomic mass is 9.94. The Bertz CT molecular complexity index is 1220. The maximum Gasteiger partial charge on any atom is 0.295 e. The molecule has 0 aliphatic carbocycles. The first-order valence-corrected chi connectivity index (χ1v) is 13.7. The van der Waals surface area contributed by atoms with Gasteiger partial charge in [0.05, 0.1) is 24.8 Å². The second-order valence-electron chi connectivity index (χ2n) is 9.30. The van der Waals surface area contributed by atoms with Crippen molar-refractivity contribution in [3.63, 3.8) is 0 Å². The minimum absolute atomic E-state index is 0.0334. The molecule has 39 heavy (non-hydrogen) atoms. The SMILES string of the molecule is CCOc1ccc([C@H]2C(=C(O)c3ccc4c(c3)OCCO4)C(=O)C(=O)N2CCCN(CC)CC)cc1OCC. The van der Waals surface area contributed by atoms with Crippen LogP contribution in [0.15, 0.2) is 42.0 Å². The molecule has 2 heterocycles. The summed E-state index contributed by atoms with van der Waals surface area (Å²) in [6.45, 7) is 12.6. The van der Waals surface area contributed by atoms with E-state index < -0.39 is 17.7 Å². The normalized spacial score (nSPS) is 18.1. The van der Waals surface area contributed by atoms with Gasteiger partial charge in [-0.2, -0.15) is 0 Å². The molecule has 4 rings (SSSR count). The topological polar surface area (TPSA) is 97.8 Å². The third-order valence-electron chi connectivity index (χ3n) is 7.01. The van der Waals surface area contributed by atoms with Crippen molar-refractivity contribution in [2.24, 2.45) is 0 Å². The average molecular weight is 539 g/mol. The number of hydrogen-bond acceptors (Lipinski definition) is 8. The molecule has 2 aliphatic heterocycles. The fourth-order valence-corrected chi connectivity index (χ4v) is 5.05. The Morgan fingerprint density at radius 1 is 0.949 bits per heavy atom. The minimum atomic E-state index is -0.787. The van der Waals surface area contributed by atoms with Gasteiger partial charge in [-0.3, -0.25) is 9.59 Å². The van der Waals surface area contributed by atoms with Crippen molar-refractivity contribution >= 4 is 17.4 Å². The zero-order valence-electron chi connectivity index (χ0n) is 23.2. The van der Waals surface area contributed by atoms with Crippen LogP contribution in [0.3, 0.4) is 0 Å². The zero-order valence-corrected chi connectivity index (χ0v) is 23.2. The smallest absolute Gasteiger partial charge is 0.295 e. The molecule has 2 aromatic rings. The number of aliphatic hydroxyl groups is 1. The third-order valence-corrected chi connectivity index (χ3v) is 7.01. The summed E-state index contributed by atoms with van der Waals surface area (Å²) in [4.78, 5) is 30.7. The molecule has 0 aromatic heterocycles. The van der Waals surface area contributed by atoms with Gasteiger partial charge in [-0.15, -0.1) is 0 Å². The summed E-state index contributed by atoms with van der Waals surface area (Å²) < 4.78 is 22.8. The van der Waals surface area contributed by atoms with Crippen molar-refractivity contribution in [3.8, 4) is 23.0 Å². The van der Waals surface area contributed by atoms with E-state index in [9.17, 15) is 14.7 Å². The van der Waals surface area contributed by atoms with Crippen LogP contribution in [0, 0.1) is 0 Å². The highest BCUT2D eigenvalue weighted by molar-refractivity contribution is 6.46. The molecule has 0 radical (unpaired) electrons. The van der Waals surface area contributed by atoms with Gasteiger partial charge in [0.1, 0.15) is 19.0 Å². The van der Waals surface area contributed by atoms with Crippen molar-refractivity contribution in [3.05, 3.63) is 53.1 Å². The minimum Gasteiger partial charge on any atom is -0.507 e. The largest absolute Gasteiger partial charge is 0.507 e. The van der Waals surface area contributed by atoms with Gasteiger partial charge >= 0.3 is 0 Å². The first-order chi connectivity index (χ1) is 18.9. The lowest BCUT2D eigenvalue weighted by Crippen LogP contribution is -2.33. The number of likely N-dealkylation sites (tertiary alicyclic amines) is 1. The number of hydrogen-bond donors (Lipinski definition) is 1. The first kappa shape index (κ1) is 28.3. The number of rotatable bonds is 12. The highest BCUT2D eigenvalue weighted by atomic mass is 16.6. The van der Waals surface area contributed by atoms with E-state index in [1.807, 2.05) is 19.9 Å². The fourth-order valence-electron chi connectivity index (χ4n) is 5.05. The summed E-state index contributed by atoms with van der Waals surface area (Å²) in [7, 11) is 0. The summed E-state index contributed by atoms with van der Waals surface area (Å²) in [6.07, 6.45) is 0.685. The molecule has 1 atom stereocenters. The number of carbonyl (C=O) groups excluding carboxylic acids is 2. The Labute approximate surface area is 229 Å². The van der Waals surface area contributed by atoms with Crippen LogP contribution in [-0.4, -0.2) is 79.2 Å². The number of ketones is 1. The lowest BCUT2D eigenvalue weighted by molar-refractivity contribution is -0.140. The Balaban J connectivity index is 1.79. The second kappa shape index (κ2) is 12.9. The van der Waals surface area contributed by atoms with Crippen molar-refractivity contribution in [2.45, 2.75) is 40.2 Å². The van der Waals surface area contributed by atoms with Crippen molar-refractivity contribution < 1.29 is 33.6 Å². The molecule has 1 N–H and O–H groups in total. The summed E-state index contributed by atoms with van der Waals surface area (Å²) in [6, 6.07) is 9.60. The molecule has 1 amide bonds. The van der Waals surface area contributed by atoms with Gasteiger partial charge in [-0.1, -0.05) is 19.9 Å². The quantitative estimate of drug-likeness (QED) is 0.241. The lowest BCUT2D eigenvalue weighted by Gasteiger charge is -2.27. The molecule has 0 bridgehead atoms. The van der Waals surface area contributed by atoms with E-state index in [1.54, 1.807) is 35.2 Å². The number of carbonyl (C=O) groups is 2.